The van der Waals surface area contributed by atoms with E-state index in [1.165, 1.54) is 0 Å². The first-order chi connectivity index (χ1) is 44.6. The van der Waals surface area contributed by atoms with Crippen molar-refractivity contribution < 1.29 is 57.4 Å². The molecule has 94 heavy (non-hydrogen) atoms. The van der Waals surface area contributed by atoms with Crippen LogP contribution in [0.4, 0.5) is 17.1 Å². The van der Waals surface area contributed by atoms with Crippen LogP contribution in [0.3, 0.4) is 0 Å². The summed E-state index contributed by atoms with van der Waals surface area (Å²) in [5.74, 6) is -6.09. The molecular weight excluding hydrogens is 1190 g/mol. The summed E-state index contributed by atoms with van der Waals surface area (Å²) in [6.07, 6.45) is 3.62. The molecule has 0 aliphatic carbocycles. The minimum absolute atomic E-state index is 0.0707. The number of carbonyl (C=O) groups excluding carboxylic acids is 9. The van der Waals surface area contributed by atoms with Crippen LogP contribution in [0.5, 0.6) is 0 Å². The van der Waals surface area contributed by atoms with Crippen LogP contribution in [0.1, 0.15) is 121 Å². The summed E-state index contributed by atoms with van der Waals surface area (Å²) in [4.78, 5) is 133. The maximum Gasteiger partial charge on any atom is 0.308 e. The highest BCUT2D eigenvalue weighted by Gasteiger charge is 2.32. The number of aromatic amines is 3. The molecule has 3 heterocycles. The highest BCUT2D eigenvalue weighted by Crippen LogP contribution is 2.35. The van der Waals surface area contributed by atoms with E-state index < -0.39 is 113 Å². The Morgan fingerprint density at radius 3 is 0.840 bits per heavy atom. The molecule has 0 saturated heterocycles. The van der Waals surface area contributed by atoms with Crippen LogP contribution in [0.2, 0.25) is 0 Å². The van der Waals surface area contributed by atoms with Crippen molar-refractivity contribution in [3.8, 4) is 0 Å². The fourth-order valence-electron chi connectivity index (χ4n) is 10.9. The number of para-hydroxylation sites is 3. The zero-order valence-corrected chi connectivity index (χ0v) is 54.0. The summed E-state index contributed by atoms with van der Waals surface area (Å²) in [6.45, 7) is 15.3. The zero-order valence-electron chi connectivity index (χ0n) is 54.0. The first-order valence-corrected chi connectivity index (χ1v) is 31.0. The Morgan fingerprint density at radius 1 is 0.351 bits per heavy atom. The highest BCUT2D eigenvalue weighted by molar-refractivity contribution is 6.02. The van der Waals surface area contributed by atoms with Crippen molar-refractivity contribution in [3.63, 3.8) is 0 Å². The van der Waals surface area contributed by atoms with E-state index in [2.05, 4.69) is 46.9 Å². The number of nitrogens with one attached hydrogen (secondary N) is 9. The number of aromatic nitrogens is 3. The SMILES string of the molecule is CC(C)(C)OC(=O)C[C@H](NC(=O)Cc1c[nH]c2ccccc12)C(=O)Nc1ccc(C(c2ccc(NC(=O)[C@H](CC(=O)OC(C)(C)C)NC(=O)Cc3c[nH]c4ccccc34)cc2)c2ccc(NC(=O)[C@H](CC(=O)OC(C)(C)C)NC(=O)Cc3c[nH]c4ccccc34)cc2)cc1. The van der Waals surface area contributed by atoms with E-state index in [9.17, 15) is 43.2 Å². The second kappa shape index (κ2) is 29.2. The smallest absolute Gasteiger partial charge is 0.308 e. The molecular formula is C73H79N9O12. The minimum atomic E-state index is -1.32. The number of hydrogen-bond donors (Lipinski definition) is 9. The Morgan fingerprint density at radius 2 is 0.596 bits per heavy atom. The molecule has 488 valence electrons. The van der Waals surface area contributed by atoms with Crippen LogP contribution in [0, 0.1) is 0 Å². The van der Waals surface area contributed by atoms with Crippen LogP contribution in [-0.4, -0.2) is 103 Å². The van der Waals surface area contributed by atoms with E-state index in [1.807, 2.05) is 72.8 Å². The van der Waals surface area contributed by atoms with Crippen LogP contribution in [-0.2, 0) is 76.6 Å². The average Bonchev–Trinajstić information content (AvgIpc) is 0.855. The predicted molar refractivity (Wildman–Crippen MR) is 359 cm³/mol. The lowest BCUT2D eigenvalue weighted by Gasteiger charge is -2.23. The topological polar surface area (TPSA) is 301 Å². The largest absolute Gasteiger partial charge is 0.460 e. The van der Waals surface area contributed by atoms with Crippen LogP contribution in [0.15, 0.2) is 164 Å². The summed E-state index contributed by atoms with van der Waals surface area (Å²) in [6, 6.07) is 39.4. The van der Waals surface area contributed by atoms with Gasteiger partial charge in [0.25, 0.3) is 0 Å². The van der Waals surface area contributed by atoms with Gasteiger partial charge in [-0.25, -0.2) is 0 Å². The van der Waals surface area contributed by atoms with Gasteiger partial charge in [-0.15, -0.1) is 0 Å². The summed E-state index contributed by atoms with van der Waals surface area (Å²) in [7, 11) is 0. The van der Waals surface area contributed by atoms with E-state index in [1.54, 1.807) is 154 Å². The number of esters is 3. The molecule has 0 saturated carbocycles. The molecule has 21 heteroatoms. The molecule has 3 atom stereocenters. The van der Waals surface area contributed by atoms with Crippen molar-refractivity contribution >= 4 is 103 Å². The number of amides is 6. The van der Waals surface area contributed by atoms with Crippen LogP contribution in [0.25, 0.3) is 32.7 Å². The Labute approximate surface area is 544 Å². The first kappa shape index (κ1) is 67.6. The van der Waals surface area contributed by atoms with Crippen molar-refractivity contribution in [2.75, 3.05) is 16.0 Å². The number of rotatable bonds is 24. The number of hydrogen-bond acceptors (Lipinski definition) is 12. The number of fused-ring (bicyclic) bond motifs is 3. The average molecular weight is 1270 g/mol. The molecule has 0 fully saturated rings. The van der Waals surface area contributed by atoms with Crippen molar-refractivity contribution in [1.29, 1.82) is 0 Å². The maximum atomic E-state index is 14.2. The summed E-state index contributed by atoms with van der Waals surface area (Å²) in [5, 5.41) is 19.4. The van der Waals surface area contributed by atoms with Gasteiger partial charge in [-0.3, -0.25) is 43.2 Å². The molecule has 6 amide bonds. The second-order valence-electron chi connectivity index (χ2n) is 26.1. The first-order valence-electron chi connectivity index (χ1n) is 31.0. The predicted octanol–water partition coefficient (Wildman–Crippen LogP) is 10.5. The third-order valence-electron chi connectivity index (χ3n) is 14.9. The van der Waals surface area contributed by atoms with Crippen LogP contribution >= 0.6 is 0 Å². The Kier molecular flexibility index (Phi) is 21.0. The fraction of sp³-hybridized carbons (Fsp3) is 0.301. The molecule has 0 spiro atoms. The van der Waals surface area contributed by atoms with E-state index in [-0.39, 0.29) is 19.3 Å². The van der Waals surface area contributed by atoms with E-state index in [0.29, 0.717) is 33.8 Å². The molecule has 21 nitrogen and oxygen atoms in total. The van der Waals surface area contributed by atoms with Crippen molar-refractivity contribution in [2.24, 2.45) is 0 Å². The lowest BCUT2D eigenvalue weighted by molar-refractivity contribution is -0.157. The number of ether oxygens (including phenoxy) is 3. The van der Waals surface area contributed by atoms with Gasteiger partial charge in [0.2, 0.25) is 35.4 Å². The molecule has 0 aliphatic rings. The standard InChI is InChI=1S/C73H79N9O12/c1-71(2,3)92-64(86)37-58(80-61(83)34-46-40-74-55-19-13-10-16-52(46)55)68(89)77-49-28-22-43(23-29-49)67(44-24-30-50(31-25-44)78-69(90)59(38-65(87)93-72(4,5)6)81-62(84)35-47-41-75-56-20-14-11-17-53(47)56)45-26-32-51(33-27-45)79-70(91)60(39-66(88)94-73(7,8)9)82-63(85)36-48-42-76-57-21-15-12-18-54(48)57/h10-33,40-42,58-60,67,74-76H,34-39H2,1-9H3,(H,77,89)(H,78,90)(H,79,91)(H,80,83)(H,81,84)(H,82,85)/t58-,59-,60-/m0/s1. The lowest BCUT2D eigenvalue weighted by Crippen LogP contribution is -2.46. The van der Waals surface area contributed by atoms with Crippen molar-refractivity contribution in [1.82, 2.24) is 30.9 Å². The molecule has 0 bridgehead atoms. The van der Waals surface area contributed by atoms with Gasteiger partial charge in [-0.1, -0.05) is 91.0 Å². The Balaban J connectivity index is 0.969. The van der Waals surface area contributed by atoms with Gasteiger partial charge < -0.3 is 61.1 Å². The van der Waals surface area contributed by atoms with Gasteiger partial charge in [0.15, 0.2) is 0 Å². The molecule has 9 aromatic rings. The normalized spacial score (nSPS) is 12.7. The van der Waals surface area contributed by atoms with Crippen molar-refractivity contribution in [2.45, 2.75) is 142 Å². The van der Waals surface area contributed by atoms with Crippen molar-refractivity contribution in [3.05, 3.63) is 198 Å². The monoisotopic (exact) mass is 1270 g/mol. The highest BCUT2D eigenvalue weighted by atomic mass is 16.6. The molecule has 3 aromatic heterocycles. The second-order valence-corrected chi connectivity index (χ2v) is 26.1. The number of carbonyl (C=O) groups is 9. The van der Waals surface area contributed by atoms with Gasteiger partial charge in [0.1, 0.15) is 34.9 Å². The van der Waals surface area contributed by atoms with Crippen LogP contribution < -0.4 is 31.9 Å². The summed E-state index contributed by atoms with van der Waals surface area (Å²) < 4.78 is 16.7. The Hall–Kier alpha value is -10.8. The van der Waals surface area contributed by atoms with Gasteiger partial charge in [0, 0.05) is 74.3 Å². The third kappa shape index (κ3) is 18.9. The molecule has 0 unspecified atom stereocenters. The minimum Gasteiger partial charge on any atom is -0.460 e. The van der Waals surface area contributed by atoms with Gasteiger partial charge >= 0.3 is 17.9 Å². The Bertz CT molecular complexity index is 3810. The molecule has 9 rings (SSSR count). The third-order valence-corrected chi connectivity index (χ3v) is 14.9. The lowest BCUT2D eigenvalue weighted by atomic mass is 9.85. The zero-order chi connectivity index (χ0) is 67.5. The van der Waals surface area contributed by atoms with Gasteiger partial charge in [0.05, 0.1) is 38.5 Å². The quantitative estimate of drug-likeness (QED) is 0.0155. The summed E-state index contributed by atoms with van der Waals surface area (Å²) >= 11 is 0. The number of benzene rings is 6. The number of H-pyrrole nitrogens is 3. The molecule has 6 aromatic carbocycles. The van der Waals surface area contributed by atoms with Gasteiger partial charge in [-0.2, -0.15) is 0 Å². The maximum absolute atomic E-state index is 14.2. The fourth-order valence-corrected chi connectivity index (χ4v) is 10.9. The van der Waals surface area contributed by atoms with E-state index in [4.69, 9.17) is 14.2 Å². The summed E-state index contributed by atoms with van der Waals surface area (Å²) in [5.41, 5.74) is 5.23. The van der Waals surface area contributed by atoms with E-state index >= 15 is 0 Å². The molecule has 9 N–H and O–H groups in total. The van der Waals surface area contributed by atoms with Gasteiger partial charge in [-0.05, 0) is 150 Å². The number of anilines is 3. The molecule has 0 radical (unpaired) electrons. The van der Waals surface area contributed by atoms with E-state index in [0.717, 1.165) is 49.4 Å². The molecule has 0 aliphatic heterocycles.